The SMILES string of the molecule is CC1CCCC(C(O)CC2CCCC2)(N(C)C)C1. The first-order valence-electron chi connectivity index (χ1n) is 7.90. The third kappa shape index (κ3) is 2.91. The van der Waals surface area contributed by atoms with Gasteiger partial charge in [0.1, 0.15) is 0 Å². The van der Waals surface area contributed by atoms with E-state index in [1.165, 1.54) is 51.4 Å². The zero-order valence-corrected chi connectivity index (χ0v) is 12.5. The molecule has 2 aliphatic carbocycles. The molecule has 0 amide bonds. The summed E-state index contributed by atoms with van der Waals surface area (Å²) in [7, 11) is 4.33. The van der Waals surface area contributed by atoms with Crippen molar-refractivity contribution >= 4 is 0 Å². The Morgan fingerprint density at radius 3 is 2.39 bits per heavy atom. The molecule has 0 aliphatic heterocycles. The number of hydrogen-bond acceptors (Lipinski definition) is 2. The lowest BCUT2D eigenvalue weighted by atomic mass is 9.70. The molecule has 0 heterocycles. The highest BCUT2D eigenvalue weighted by molar-refractivity contribution is 4.99. The van der Waals surface area contributed by atoms with Gasteiger partial charge >= 0.3 is 0 Å². The Morgan fingerprint density at radius 1 is 1.17 bits per heavy atom. The van der Waals surface area contributed by atoms with Crippen LogP contribution in [0.1, 0.15) is 64.7 Å². The Morgan fingerprint density at radius 2 is 1.83 bits per heavy atom. The van der Waals surface area contributed by atoms with E-state index in [1.807, 2.05) is 0 Å². The van der Waals surface area contributed by atoms with Crippen LogP contribution in [0.5, 0.6) is 0 Å². The molecule has 2 fully saturated rings. The minimum absolute atomic E-state index is 0.0558. The normalized spacial score (nSPS) is 36.2. The second-order valence-corrected chi connectivity index (χ2v) is 7.10. The fourth-order valence-electron chi connectivity index (χ4n) is 4.35. The van der Waals surface area contributed by atoms with Crippen molar-refractivity contribution in [3.8, 4) is 0 Å². The molecule has 0 spiro atoms. The van der Waals surface area contributed by atoms with Crippen LogP contribution >= 0.6 is 0 Å². The molecule has 0 saturated heterocycles. The summed E-state index contributed by atoms with van der Waals surface area (Å²) in [5, 5.41) is 10.8. The molecule has 0 bridgehead atoms. The monoisotopic (exact) mass is 253 g/mol. The van der Waals surface area contributed by atoms with Gasteiger partial charge in [0.05, 0.1) is 6.10 Å². The third-order valence-corrected chi connectivity index (χ3v) is 5.55. The van der Waals surface area contributed by atoms with Crippen LogP contribution in [-0.4, -0.2) is 35.7 Å². The van der Waals surface area contributed by atoms with Crippen molar-refractivity contribution in [3.63, 3.8) is 0 Å². The van der Waals surface area contributed by atoms with E-state index in [9.17, 15) is 5.11 Å². The average molecular weight is 253 g/mol. The van der Waals surface area contributed by atoms with Crippen molar-refractivity contribution in [3.05, 3.63) is 0 Å². The highest BCUT2D eigenvalue weighted by Crippen LogP contribution is 2.41. The zero-order valence-electron chi connectivity index (χ0n) is 12.5. The Kier molecular flexibility index (Phi) is 4.71. The standard InChI is InChI=1S/C16H31NO/c1-13-7-6-10-16(12-13,17(2)3)15(18)11-14-8-4-5-9-14/h13-15,18H,4-12H2,1-3H3. The first-order valence-corrected chi connectivity index (χ1v) is 7.90. The van der Waals surface area contributed by atoms with E-state index >= 15 is 0 Å². The number of nitrogens with zero attached hydrogens (tertiary/aromatic N) is 1. The predicted molar refractivity (Wildman–Crippen MR) is 76.6 cm³/mol. The summed E-state index contributed by atoms with van der Waals surface area (Å²) in [6.45, 7) is 2.35. The van der Waals surface area contributed by atoms with E-state index in [4.69, 9.17) is 0 Å². The lowest BCUT2D eigenvalue weighted by molar-refractivity contribution is -0.0531. The molecule has 0 aromatic rings. The molecule has 3 unspecified atom stereocenters. The van der Waals surface area contributed by atoms with Crippen molar-refractivity contribution in [2.24, 2.45) is 11.8 Å². The van der Waals surface area contributed by atoms with Crippen LogP contribution in [0.15, 0.2) is 0 Å². The number of hydrogen-bond donors (Lipinski definition) is 1. The maximum Gasteiger partial charge on any atom is 0.0726 e. The van der Waals surface area contributed by atoms with Crippen LogP contribution in [0.3, 0.4) is 0 Å². The van der Waals surface area contributed by atoms with Gasteiger partial charge in [0.15, 0.2) is 0 Å². The molecule has 2 aliphatic rings. The second kappa shape index (κ2) is 5.92. The van der Waals surface area contributed by atoms with Crippen molar-refractivity contribution in [2.75, 3.05) is 14.1 Å². The van der Waals surface area contributed by atoms with Crippen LogP contribution < -0.4 is 0 Å². The molecular weight excluding hydrogens is 222 g/mol. The molecule has 0 aromatic carbocycles. The zero-order chi connectivity index (χ0) is 13.2. The Hall–Kier alpha value is -0.0800. The maximum atomic E-state index is 10.8. The van der Waals surface area contributed by atoms with Gasteiger partial charge in [-0.05, 0) is 45.2 Å². The van der Waals surface area contributed by atoms with Gasteiger partial charge in [0.2, 0.25) is 0 Å². The van der Waals surface area contributed by atoms with Gasteiger partial charge in [0, 0.05) is 5.54 Å². The smallest absolute Gasteiger partial charge is 0.0726 e. The molecule has 3 atom stereocenters. The summed E-state index contributed by atoms with van der Waals surface area (Å²) in [6, 6.07) is 0. The predicted octanol–water partition coefficient (Wildman–Crippen LogP) is 3.44. The molecule has 106 valence electrons. The van der Waals surface area contributed by atoms with Crippen molar-refractivity contribution < 1.29 is 5.11 Å². The van der Waals surface area contributed by atoms with E-state index in [0.717, 1.165) is 18.3 Å². The summed E-state index contributed by atoms with van der Waals surface area (Å²) < 4.78 is 0. The van der Waals surface area contributed by atoms with Crippen LogP contribution in [-0.2, 0) is 0 Å². The van der Waals surface area contributed by atoms with Crippen molar-refractivity contribution in [2.45, 2.75) is 76.4 Å². The first-order chi connectivity index (χ1) is 8.54. The average Bonchev–Trinajstić information content (AvgIpc) is 2.81. The van der Waals surface area contributed by atoms with Gasteiger partial charge in [-0.3, -0.25) is 0 Å². The van der Waals surface area contributed by atoms with E-state index in [2.05, 4.69) is 25.9 Å². The summed E-state index contributed by atoms with van der Waals surface area (Å²) in [5.41, 5.74) is 0.0558. The Labute approximate surface area is 113 Å². The van der Waals surface area contributed by atoms with Crippen molar-refractivity contribution in [1.82, 2.24) is 4.90 Å². The molecule has 0 aromatic heterocycles. The quantitative estimate of drug-likeness (QED) is 0.829. The minimum atomic E-state index is -0.127. The lowest BCUT2D eigenvalue weighted by Crippen LogP contribution is -2.56. The van der Waals surface area contributed by atoms with Crippen LogP contribution in [0.4, 0.5) is 0 Å². The fourth-order valence-corrected chi connectivity index (χ4v) is 4.35. The largest absolute Gasteiger partial charge is 0.391 e. The van der Waals surface area contributed by atoms with E-state index in [1.54, 1.807) is 0 Å². The van der Waals surface area contributed by atoms with Gasteiger partial charge in [-0.1, -0.05) is 45.4 Å². The summed E-state index contributed by atoms with van der Waals surface area (Å²) in [5.74, 6) is 1.55. The van der Waals surface area contributed by atoms with Gasteiger partial charge in [-0.25, -0.2) is 0 Å². The maximum absolute atomic E-state index is 10.8. The number of likely N-dealkylation sites (N-methyl/N-ethyl adjacent to an activating group) is 1. The van der Waals surface area contributed by atoms with Gasteiger partial charge in [-0.2, -0.15) is 0 Å². The van der Waals surface area contributed by atoms with Crippen molar-refractivity contribution in [1.29, 1.82) is 0 Å². The first kappa shape index (κ1) is 14.3. The Bertz CT molecular complexity index is 260. The second-order valence-electron chi connectivity index (χ2n) is 7.10. The lowest BCUT2D eigenvalue weighted by Gasteiger charge is -2.49. The topological polar surface area (TPSA) is 23.5 Å². The van der Waals surface area contributed by atoms with E-state index in [0.29, 0.717) is 0 Å². The molecule has 18 heavy (non-hydrogen) atoms. The molecule has 2 saturated carbocycles. The fraction of sp³-hybridized carbons (Fsp3) is 1.00. The van der Waals surface area contributed by atoms with E-state index in [-0.39, 0.29) is 11.6 Å². The number of aliphatic hydroxyl groups excluding tert-OH is 1. The molecular formula is C16H31NO. The number of rotatable bonds is 4. The highest BCUT2D eigenvalue weighted by Gasteiger charge is 2.43. The Balaban J connectivity index is 2.03. The molecule has 2 rings (SSSR count). The van der Waals surface area contributed by atoms with Gasteiger partial charge in [-0.15, -0.1) is 0 Å². The third-order valence-electron chi connectivity index (χ3n) is 5.55. The summed E-state index contributed by atoms with van der Waals surface area (Å²) in [4.78, 5) is 2.32. The molecule has 2 nitrogen and oxygen atoms in total. The summed E-state index contributed by atoms with van der Waals surface area (Å²) >= 11 is 0. The molecule has 0 radical (unpaired) electrons. The molecule has 2 heteroatoms. The van der Waals surface area contributed by atoms with Crippen LogP contribution in [0.25, 0.3) is 0 Å². The summed E-state index contributed by atoms with van der Waals surface area (Å²) in [6.07, 6.45) is 11.3. The molecule has 1 N–H and O–H groups in total. The minimum Gasteiger partial charge on any atom is -0.391 e. The van der Waals surface area contributed by atoms with Crippen LogP contribution in [0, 0.1) is 11.8 Å². The highest BCUT2D eigenvalue weighted by atomic mass is 16.3. The number of aliphatic hydroxyl groups is 1. The van der Waals surface area contributed by atoms with Gasteiger partial charge < -0.3 is 10.0 Å². The van der Waals surface area contributed by atoms with E-state index < -0.39 is 0 Å². The van der Waals surface area contributed by atoms with Crippen LogP contribution in [0.2, 0.25) is 0 Å². The van der Waals surface area contributed by atoms with Gasteiger partial charge in [0.25, 0.3) is 0 Å².